The van der Waals surface area contributed by atoms with Crippen LogP contribution < -0.4 is 0 Å². The second-order valence-electron chi connectivity index (χ2n) is 4.17. The maximum atomic E-state index is 12.0. The highest BCUT2D eigenvalue weighted by molar-refractivity contribution is 6.05. The zero-order valence-electron chi connectivity index (χ0n) is 8.76. The summed E-state index contributed by atoms with van der Waals surface area (Å²) in [6, 6.07) is 5.93. The summed E-state index contributed by atoms with van der Waals surface area (Å²) in [6.45, 7) is 6.35. The van der Waals surface area contributed by atoms with E-state index in [0.29, 0.717) is 6.61 Å². The predicted molar refractivity (Wildman–Crippen MR) is 54.6 cm³/mol. The van der Waals surface area contributed by atoms with Crippen LogP contribution in [0.5, 0.6) is 0 Å². The van der Waals surface area contributed by atoms with Gasteiger partial charge in [0.05, 0.1) is 6.61 Å². The molecule has 0 spiro atoms. The first-order valence-electron chi connectivity index (χ1n) is 4.79. The van der Waals surface area contributed by atoms with Crippen molar-refractivity contribution in [3.8, 4) is 0 Å². The Morgan fingerprint density at radius 3 is 2.64 bits per heavy atom. The highest BCUT2D eigenvalue weighted by Crippen LogP contribution is 2.31. The summed E-state index contributed by atoms with van der Waals surface area (Å²) in [6.07, 6.45) is 0. The molecule has 74 valence electrons. The average Bonchev–Trinajstić information content (AvgIpc) is 2.88. The van der Waals surface area contributed by atoms with Crippen molar-refractivity contribution in [2.75, 3.05) is 6.61 Å². The summed E-state index contributed by atoms with van der Waals surface area (Å²) in [5.74, 6) is 0.110. The standard InChI is InChI=1S/C12H14O2/c1-8-4-5-9(2)10(6-8)11(13)12(3)7-14-12/h4-6H,7H2,1-3H3. The third-order valence-corrected chi connectivity index (χ3v) is 2.70. The molecular formula is C12H14O2. The molecule has 0 bridgehead atoms. The number of benzene rings is 1. The van der Waals surface area contributed by atoms with Gasteiger partial charge in [0, 0.05) is 5.56 Å². The van der Waals surface area contributed by atoms with Gasteiger partial charge in [0.15, 0.2) is 11.4 Å². The molecule has 1 saturated heterocycles. The van der Waals surface area contributed by atoms with Crippen molar-refractivity contribution in [3.63, 3.8) is 0 Å². The highest BCUT2D eigenvalue weighted by Gasteiger charge is 2.47. The van der Waals surface area contributed by atoms with Crippen molar-refractivity contribution in [3.05, 3.63) is 34.9 Å². The summed E-state index contributed by atoms with van der Waals surface area (Å²) in [7, 11) is 0. The Labute approximate surface area is 83.9 Å². The number of Topliss-reactive ketones (excluding diaryl/α,β-unsaturated/α-hetero) is 1. The molecule has 1 heterocycles. The molecule has 2 nitrogen and oxygen atoms in total. The zero-order valence-corrected chi connectivity index (χ0v) is 8.76. The van der Waals surface area contributed by atoms with Crippen molar-refractivity contribution in [2.45, 2.75) is 26.4 Å². The van der Waals surface area contributed by atoms with Crippen LogP contribution in [0.2, 0.25) is 0 Å². The maximum Gasteiger partial charge on any atom is 0.196 e. The van der Waals surface area contributed by atoms with E-state index in [1.54, 1.807) is 0 Å². The summed E-state index contributed by atoms with van der Waals surface area (Å²) in [5.41, 5.74) is 2.39. The lowest BCUT2D eigenvalue weighted by Gasteiger charge is -2.08. The van der Waals surface area contributed by atoms with Crippen LogP contribution in [0.3, 0.4) is 0 Å². The molecule has 0 saturated carbocycles. The fourth-order valence-corrected chi connectivity index (χ4v) is 1.50. The number of rotatable bonds is 2. The quantitative estimate of drug-likeness (QED) is 0.529. The molecule has 0 aromatic heterocycles. The maximum absolute atomic E-state index is 12.0. The normalized spacial score (nSPS) is 24.8. The fourth-order valence-electron chi connectivity index (χ4n) is 1.50. The van der Waals surface area contributed by atoms with E-state index in [9.17, 15) is 4.79 Å². The summed E-state index contributed by atoms with van der Waals surface area (Å²) >= 11 is 0. The number of carbonyl (C=O) groups excluding carboxylic acids is 1. The van der Waals surface area contributed by atoms with Crippen LogP contribution in [0.1, 0.15) is 28.4 Å². The molecule has 1 atom stereocenters. The molecule has 1 aromatic carbocycles. The third kappa shape index (κ3) is 1.46. The number of ketones is 1. The van der Waals surface area contributed by atoms with Crippen molar-refractivity contribution < 1.29 is 9.53 Å². The minimum absolute atomic E-state index is 0.110. The van der Waals surface area contributed by atoms with Gasteiger partial charge in [-0.25, -0.2) is 0 Å². The van der Waals surface area contributed by atoms with E-state index in [4.69, 9.17) is 4.74 Å². The Balaban J connectivity index is 2.40. The number of aryl methyl sites for hydroxylation is 2. The minimum atomic E-state index is -0.543. The van der Waals surface area contributed by atoms with E-state index in [1.807, 2.05) is 39.0 Å². The monoisotopic (exact) mass is 190 g/mol. The van der Waals surface area contributed by atoms with Gasteiger partial charge < -0.3 is 4.74 Å². The highest BCUT2D eigenvalue weighted by atomic mass is 16.6. The zero-order chi connectivity index (χ0) is 10.3. The first-order valence-corrected chi connectivity index (χ1v) is 4.79. The Bertz CT molecular complexity index is 389. The van der Waals surface area contributed by atoms with Crippen LogP contribution >= 0.6 is 0 Å². The molecule has 2 heteroatoms. The largest absolute Gasteiger partial charge is 0.361 e. The lowest BCUT2D eigenvalue weighted by Crippen LogP contribution is -2.21. The number of hydrogen-bond acceptors (Lipinski definition) is 2. The molecular weight excluding hydrogens is 176 g/mol. The van der Waals surface area contributed by atoms with Gasteiger partial charge in [-0.1, -0.05) is 17.7 Å². The second-order valence-corrected chi connectivity index (χ2v) is 4.17. The lowest BCUT2D eigenvalue weighted by molar-refractivity contribution is 0.0887. The van der Waals surface area contributed by atoms with E-state index in [1.165, 1.54) is 0 Å². The van der Waals surface area contributed by atoms with Gasteiger partial charge in [-0.3, -0.25) is 4.79 Å². The van der Waals surface area contributed by atoms with Gasteiger partial charge >= 0.3 is 0 Å². The SMILES string of the molecule is Cc1ccc(C)c(C(=O)C2(C)CO2)c1. The fraction of sp³-hybridized carbons (Fsp3) is 0.417. The Kier molecular flexibility index (Phi) is 1.96. The van der Waals surface area contributed by atoms with Crippen molar-refractivity contribution in [1.82, 2.24) is 0 Å². The molecule has 2 rings (SSSR count). The van der Waals surface area contributed by atoms with E-state index in [2.05, 4.69) is 0 Å². The van der Waals surface area contributed by atoms with E-state index in [-0.39, 0.29) is 5.78 Å². The van der Waals surface area contributed by atoms with Gasteiger partial charge in [-0.2, -0.15) is 0 Å². The topological polar surface area (TPSA) is 29.6 Å². The summed E-state index contributed by atoms with van der Waals surface area (Å²) < 4.78 is 5.16. The van der Waals surface area contributed by atoms with Crippen LogP contribution in [0.4, 0.5) is 0 Å². The lowest BCUT2D eigenvalue weighted by atomic mass is 9.95. The van der Waals surface area contributed by atoms with Gasteiger partial charge in [0.25, 0.3) is 0 Å². The summed E-state index contributed by atoms with van der Waals surface area (Å²) in [4.78, 5) is 12.0. The smallest absolute Gasteiger partial charge is 0.196 e. The second kappa shape index (κ2) is 2.92. The van der Waals surface area contributed by atoms with Gasteiger partial charge in [0.2, 0.25) is 0 Å². The Morgan fingerprint density at radius 2 is 2.07 bits per heavy atom. The first-order chi connectivity index (χ1) is 6.53. The van der Waals surface area contributed by atoms with Gasteiger partial charge in [-0.05, 0) is 32.4 Å². The van der Waals surface area contributed by atoms with Crippen molar-refractivity contribution in [1.29, 1.82) is 0 Å². The van der Waals surface area contributed by atoms with Crippen molar-refractivity contribution >= 4 is 5.78 Å². The molecule has 1 aliphatic rings. The average molecular weight is 190 g/mol. The molecule has 1 aliphatic heterocycles. The molecule has 0 radical (unpaired) electrons. The third-order valence-electron chi connectivity index (χ3n) is 2.70. The molecule has 1 fully saturated rings. The molecule has 0 amide bonds. The van der Waals surface area contributed by atoms with E-state index < -0.39 is 5.60 Å². The minimum Gasteiger partial charge on any atom is -0.361 e. The van der Waals surface area contributed by atoms with Gasteiger partial charge in [0.1, 0.15) is 0 Å². The molecule has 1 aromatic rings. The molecule has 14 heavy (non-hydrogen) atoms. The summed E-state index contributed by atoms with van der Waals surface area (Å²) in [5, 5.41) is 0. The number of epoxide rings is 1. The molecule has 0 N–H and O–H groups in total. The Morgan fingerprint density at radius 1 is 1.43 bits per heavy atom. The van der Waals surface area contributed by atoms with E-state index >= 15 is 0 Å². The van der Waals surface area contributed by atoms with Crippen LogP contribution in [0, 0.1) is 13.8 Å². The molecule has 0 aliphatic carbocycles. The molecule has 1 unspecified atom stereocenters. The van der Waals surface area contributed by atoms with Crippen LogP contribution in [-0.2, 0) is 4.74 Å². The Hall–Kier alpha value is -1.15. The number of hydrogen-bond donors (Lipinski definition) is 0. The van der Waals surface area contributed by atoms with Crippen LogP contribution in [0.15, 0.2) is 18.2 Å². The van der Waals surface area contributed by atoms with Crippen LogP contribution in [-0.4, -0.2) is 18.0 Å². The predicted octanol–water partition coefficient (Wildman–Crippen LogP) is 2.28. The first kappa shape index (κ1) is 9.41. The number of carbonyl (C=O) groups is 1. The number of ether oxygens (including phenoxy) is 1. The van der Waals surface area contributed by atoms with Gasteiger partial charge in [-0.15, -0.1) is 0 Å². The van der Waals surface area contributed by atoms with Crippen molar-refractivity contribution in [2.24, 2.45) is 0 Å². The van der Waals surface area contributed by atoms with Crippen LogP contribution in [0.25, 0.3) is 0 Å². The van der Waals surface area contributed by atoms with E-state index in [0.717, 1.165) is 16.7 Å².